The van der Waals surface area contributed by atoms with Crippen LogP contribution >= 0.6 is 0 Å². The second-order valence-corrected chi connectivity index (χ2v) is 7.35. The number of piperidine rings is 1. The molecule has 0 unspecified atom stereocenters. The molecule has 0 aromatic heterocycles. The first-order valence-corrected chi connectivity index (χ1v) is 9.84. The lowest BCUT2D eigenvalue weighted by Crippen LogP contribution is -2.50. The third kappa shape index (κ3) is 6.05. The van der Waals surface area contributed by atoms with E-state index in [-0.39, 0.29) is 36.3 Å². The van der Waals surface area contributed by atoms with Crippen LogP contribution in [0.4, 0.5) is 5.69 Å². The molecule has 1 aliphatic heterocycles. The van der Waals surface area contributed by atoms with Gasteiger partial charge in [-0.25, -0.2) is 0 Å². The van der Waals surface area contributed by atoms with Gasteiger partial charge in [-0.2, -0.15) is 0 Å². The Kier molecular flexibility index (Phi) is 7.99. The molecular weight excluding hydrogens is 358 g/mol. The second kappa shape index (κ2) is 10.2. The minimum Gasteiger partial charge on any atom is -0.466 e. The van der Waals surface area contributed by atoms with Crippen LogP contribution in [0.25, 0.3) is 0 Å². The van der Waals surface area contributed by atoms with E-state index in [0.29, 0.717) is 38.2 Å². The summed E-state index contributed by atoms with van der Waals surface area (Å²) in [6.07, 6.45) is 1.38. The molecule has 1 aromatic rings. The van der Waals surface area contributed by atoms with Crippen LogP contribution < -0.4 is 5.32 Å². The number of carbonyl (C=O) groups excluding carboxylic acids is 3. The molecule has 1 saturated heterocycles. The molecule has 1 atom stereocenters. The van der Waals surface area contributed by atoms with E-state index in [1.807, 2.05) is 38.1 Å². The SMILES string of the molecule is CCOC(=O)C1CCN([C@H](C)C(=O)N(C)CC(=O)Nc2ccc(C)cc2)CC1. The Morgan fingerprint density at radius 1 is 1.21 bits per heavy atom. The summed E-state index contributed by atoms with van der Waals surface area (Å²) in [7, 11) is 1.64. The van der Waals surface area contributed by atoms with Gasteiger partial charge in [0.15, 0.2) is 0 Å². The number of anilines is 1. The predicted molar refractivity (Wildman–Crippen MR) is 108 cm³/mol. The zero-order valence-corrected chi connectivity index (χ0v) is 17.2. The van der Waals surface area contributed by atoms with Gasteiger partial charge in [0.25, 0.3) is 0 Å². The summed E-state index contributed by atoms with van der Waals surface area (Å²) in [6, 6.07) is 7.19. The second-order valence-electron chi connectivity index (χ2n) is 7.35. The number of nitrogens with zero attached hydrogens (tertiary/aromatic N) is 2. The molecule has 2 amide bonds. The maximum absolute atomic E-state index is 12.7. The molecule has 0 bridgehead atoms. The number of ether oxygens (including phenoxy) is 1. The van der Waals surface area contributed by atoms with Crippen molar-refractivity contribution in [3.05, 3.63) is 29.8 Å². The number of carbonyl (C=O) groups is 3. The third-order valence-corrected chi connectivity index (χ3v) is 5.15. The van der Waals surface area contributed by atoms with Crippen molar-refractivity contribution >= 4 is 23.5 Å². The molecule has 1 N–H and O–H groups in total. The predicted octanol–water partition coefficient (Wildman–Crippen LogP) is 2.06. The monoisotopic (exact) mass is 389 g/mol. The molecule has 0 aliphatic carbocycles. The molecule has 1 aliphatic rings. The fourth-order valence-corrected chi connectivity index (χ4v) is 3.39. The highest BCUT2D eigenvalue weighted by molar-refractivity contribution is 5.95. The van der Waals surface area contributed by atoms with Crippen molar-refractivity contribution in [2.45, 2.75) is 39.7 Å². The van der Waals surface area contributed by atoms with Crippen molar-refractivity contribution in [2.75, 3.05) is 38.6 Å². The molecule has 1 fully saturated rings. The quantitative estimate of drug-likeness (QED) is 0.722. The van der Waals surface area contributed by atoms with E-state index < -0.39 is 0 Å². The number of likely N-dealkylation sites (tertiary alicyclic amines) is 1. The van der Waals surface area contributed by atoms with E-state index in [1.54, 1.807) is 14.0 Å². The lowest BCUT2D eigenvalue weighted by molar-refractivity contribution is -0.150. The van der Waals surface area contributed by atoms with Crippen LogP contribution in [0.3, 0.4) is 0 Å². The summed E-state index contributed by atoms with van der Waals surface area (Å²) in [6.45, 7) is 7.36. The topological polar surface area (TPSA) is 79.0 Å². The molecular formula is C21H31N3O4. The van der Waals surface area contributed by atoms with Gasteiger partial charge in [-0.05, 0) is 58.8 Å². The maximum atomic E-state index is 12.7. The minimum absolute atomic E-state index is 0.00363. The van der Waals surface area contributed by atoms with Crippen LogP contribution in [0.15, 0.2) is 24.3 Å². The molecule has 2 rings (SSSR count). The summed E-state index contributed by atoms with van der Waals surface area (Å²) in [5.74, 6) is -0.566. The Labute approximate surface area is 167 Å². The van der Waals surface area contributed by atoms with Crippen LogP contribution in [0, 0.1) is 12.8 Å². The van der Waals surface area contributed by atoms with Gasteiger partial charge in [-0.15, -0.1) is 0 Å². The fourth-order valence-electron chi connectivity index (χ4n) is 3.39. The molecule has 0 saturated carbocycles. The standard InChI is InChI=1S/C21H31N3O4/c1-5-28-21(27)17-10-12-24(13-11-17)16(3)20(26)23(4)14-19(25)22-18-8-6-15(2)7-9-18/h6-9,16-17H,5,10-14H2,1-4H3,(H,22,25)/t16-/m1/s1. The number of nitrogens with one attached hydrogen (secondary N) is 1. The first kappa shape index (κ1) is 21.9. The number of benzene rings is 1. The van der Waals surface area contributed by atoms with Crippen molar-refractivity contribution in [3.63, 3.8) is 0 Å². The molecule has 28 heavy (non-hydrogen) atoms. The Balaban J connectivity index is 1.81. The Morgan fingerprint density at radius 3 is 2.39 bits per heavy atom. The van der Waals surface area contributed by atoms with E-state index in [4.69, 9.17) is 4.74 Å². The van der Waals surface area contributed by atoms with Crippen LogP contribution in [-0.2, 0) is 19.1 Å². The average Bonchev–Trinajstić information content (AvgIpc) is 2.68. The minimum atomic E-state index is -0.333. The Hall–Kier alpha value is -2.41. The van der Waals surface area contributed by atoms with E-state index in [1.165, 1.54) is 4.90 Å². The van der Waals surface area contributed by atoms with Gasteiger partial charge in [-0.3, -0.25) is 19.3 Å². The lowest BCUT2D eigenvalue weighted by atomic mass is 9.96. The summed E-state index contributed by atoms with van der Waals surface area (Å²) in [4.78, 5) is 40.3. The molecule has 154 valence electrons. The highest BCUT2D eigenvalue weighted by Crippen LogP contribution is 2.21. The summed E-state index contributed by atoms with van der Waals surface area (Å²) < 4.78 is 5.08. The van der Waals surface area contributed by atoms with Crippen molar-refractivity contribution < 1.29 is 19.1 Å². The summed E-state index contributed by atoms with van der Waals surface area (Å²) >= 11 is 0. The van der Waals surface area contributed by atoms with Gasteiger partial charge in [0.1, 0.15) is 0 Å². The number of hydrogen-bond donors (Lipinski definition) is 1. The Bertz CT molecular complexity index is 681. The number of hydrogen-bond acceptors (Lipinski definition) is 5. The highest BCUT2D eigenvalue weighted by Gasteiger charge is 2.31. The largest absolute Gasteiger partial charge is 0.466 e. The van der Waals surface area contributed by atoms with Gasteiger partial charge in [0, 0.05) is 12.7 Å². The van der Waals surface area contributed by atoms with E-state index in [9.17, 15) is 14.4 Å². The number of likely N-dealkylation sites (N-methyl/N-ethyl adjacent to an activating group) is 1. The normalized spacial score (nSPS) is 16.3. The third-order valence-electron chi connectivity index (χ3n) is 5.15. The molecule has 0 radical (unpaired) electrons. The van der Waals surface area contributed by atoms with Crippen molar-refractivity contribution in [3.8, 4) is 0 Å². The van der Waals surface area contributed by atoms with Crippen molar-refractivity contribution in [1.29, 1.82) is 0 Å². The van der Waals surface area contributed by atoms with Crippen molar-refractivity contribution in [2.24, 2.45) is 5.92 Å². The molecule has 1 heterocycles. The van der Waals surface area contributed by atoms with Gasteiger partial charge in [-0.1, -0.05) is 17.7 Å². The van der Waals surface area contributed by atoms with E-state index in [0.717, 1.165) is 5.56 Å². The molecule has 7 nitrogen and oxygen atoms in total. The number of esters is 1. The summed E-state index contributed by atoms with van der Waals surface area (Å²) in [5, 5.41) is 2.81. The smallest absolute Gasteiger partial charge is 0.309 e. The van der Waals surface area contributed by atoms with Crippen LogP contribution in [0.5, 0.6) is 0 Å². The van der Waals surface area contributed by atoms with Gasteiger partial charge in [0.05, 0.1) is 25.1 Å². The molecule has 0 spiro atoms. The Morgan fingerprint density at radius 2 is 1.82 bits per heavy atom. The van der Waals surface area contributed by atoms with Gasteiger partial charge < -0.3 is 15.0 Å². The zero-order valence-electron chi connectivity index (χ0n) is 17.2. The van der Waals surface area contributed by atoms with Crippen molar-refractivity contribution in [1.82, 2.24) is 9.80 Å². The van der Waals surface area contributed by atoms with Crippen LogP contribution in [0.2, 0.25) is 0 Å². The summed E-state index contributed by atoms with van der Waals surface area (Å²) in [5.41, 5.74) is 1.83. The van der Waals surface area contributed by atoms with E-state index >= 15 is 0 Å². The van der Waals surface area contributed by atoms with E-state index in [2.05, 4.69) is 10.2 Å². The van der Waals surface area contributed by atoms with Gasteiger partial charge >= 0.3 is 5.97 Å². The molecule has 7 heteroatoms. The lowest BCUT2D eigenvalue weighted by Gasteiger charge is -2.35. The highest BCUT2D eigenvalue weighted by atomic mass is 16.5. The number of aryl methyl sites for hydroxylation is 1. The zero-order chi connectivity index (χ0) is 20.7. The van der Waals surface area contributed by atoms with Crippen LogP contribution in [-0.4, -0.2) is 66.9 Å². The fraction of sp³-hybridized carbons (Fsp3) is 0.571. The van der Waals surface area contributed by atoms with Crippen LogP contribution in [0.1, 0.15) is 32.3 Å². The first-order chi connectivity index (χ1) is 13.3. The van der Waals surface area contributed by atoms with Gasteiger partial charge in [0.2, 0.25) is 11.8 Å². The molecule has 1 aromatic carbocycles. The average molecular weight is 389 g/mol. The number of rotatable bonds is 7. The maximum Gasteiger partial charge on any atom is 0.309 e. The first-order valence-electron chi connectivity index (χ1n) is 9.84. The number of amides is 2.